The number of aromatic nitrogens is 2. The molecule has 2 rings (SSSR count). The zero-order valence-electron chi connectivity index (χ0n) is 9.31. The molecule has 82 valence electrons. The van der Waals surface area contributed by atoms with Gasteiger partial charge in [-0.3, -0.25) is 14.4 Å². The minimum atomic E-state index is 0.183. The fourth-order valence-corrected chi connectivity index (χ4v) is 2.02. The maximum absolute atomic E-state index is 11.3. The fraction of sp³-hybridized carbons (Fsp3) is 0.636. The van der Waals surface area contributed by atoms with Gasteiger partial charge in [-0.25, -0.2) is 0 Å². The van der Waals surface area contributed by atoms with Crippen LogP contribution in [0.25, 0.3) is 0 Å². The van der Waals surface area contributed by atoms with Gasteiger partial charge >= 0.3 is 0 Å². The number of hydrogen-bond donors (Lipinski definition) is 0. The van der Waals surface area contributed by atoms with Crippen LogP contribution in [0.3, 0.4) is 0 Å². The lowest BCUT2D eigenvalue weighted by molar-refractivity contribution is -0.125. The zero-order chi connectivity index (χ0) is 10.8. The number of nitrogens with zero attached hydrogens (tertiary/aromatic N) is 3. The van der Waals surface area contributed by atoms with Crippen LogP contribution in [0.5, 0.6) is 0 Å². The first-order chi connectivity index (χ1) is 7.15. The standard InChI is InChI=1S/C11H17N3O/c1-9-7-14(6-4-11(9)15)8-10-3-5-13(2)12-10/h3,5,9H,4,6-8H2,1-2H3. The average molecular weight is 207 g/mol. The topological polar surface area (TPSA) is 38.1 Å². The minimum absolute atomic E-state index is 0.183. The molecular weight excluding hydrogens is 190 g/mol. The summed E-state index contributed by atoms with van der Waals surface area (Å²) in [5, 5.41) is 4.34. The van der Waals surface area contributed by atoms with E-state index in [2.05, 4.69) is 10.00 Å². The molecule has 0 N–H and O–H groups in total. The van der Waals surface area contributed by atoms with Crippen molar-refractivity contribution in [3.8, 4) is 0 Å². The number of piperidine rings is 1. The van der Waals surface area contributed by atoms with Crippen molar-refractivity contribution in [1.29, 1.82) is 0 Å². The molecule has 1 saturated heterocycles. The van der Waals surface area contributed by atoms with Crippen molar-refractivity contribution in [2.24, 2.45) is 13.0 Å². The lowest BCUT2D eigenvalue weighted by Gasteiger charge is -2.29. The molecule has 0 amide bonds. The highest BCUT2D eigenvalue weighted by molar-refractivity contribution is 5.81. The van der Waals surface area contributed by atoms with Gasteiger partial charge in [-0.1, -0.05) is 6.92 Å². The van der Waals surface area contributed by atoms with Gasteiger partial charge in [0.1, 0.15) is 5.78 Å². The summed E-state index contributed by atoms with van der Waals surface area (Å²) in [7, 11) is 1.92. The summed E-state index contributed by atoms with van der Waals surface area (Å²) in [6.45, 7) is 4.61. The van der Waals surface area contributed by atoms with E-state index in [0.29, 0.717) is 12.2 Å². The van der Waals surface area contributed by atoms with Crippen LogP contribution in [0, 0.1) is 5.92 Å². The van der Waals surface area contributed by atoms with Crippen LogP contribution in [-0.2, 0) is 18.4 Å². The Balaban J connectivity index is 1.93. The van der Waals surface area contributed by atoms with E-state index in [1.165, 1.54) is 0 Å². The summed E-state index contributed by atoms with van der Waals surface area (Å²) in [5.74, 6) is 0.578. The SMILES string of the molecule is CC1CN(Cc2ccn(C)n2)CCC1=O. The summed E-state index contributed by atoms with van der Waals surface area (Å²) in [6, 6.07) is 2.03. The Labute approximate surface area is 89.9 Å². The average Bonchev–Trinajstić information content (AvgIpc) is 2.58. The van der Waals surface area contributed by atoms with Gasteiger partial charge in [0.25, 0.3) is 0 Å². The first-order valence-electron chi connectivity index (χ1n) is 5.39. The van der Waals surface area contributed by atoms with Crippen molar-refractivity contribution in [3.63, 3.8) is 0 Å². The molecule has 1 aliphatic rings. The second-order valence-corrected chi connectivity index (χ2v) is 4.33. The van der Waals surface area contributed by atoms with E-state index in [-0.39, 0.29) is 5.92 Å². The molecule has 0 aliphatic carbocycles. The summed E-state index contributed by atoms with van der Waals surface area (Å²) in [6.07, 6.45) is 2.64. The summed E-state index contributed by atoms with van der Waals surface area (Å²) < 4.78 is 1.81. The number of rotatable bonds is 2. The van der Waals surface area contributed by atoms with Crippen LogP contribution in [0.15, 0.2) is 12.3 Å². The van der Waals surface area contributed by atoms with E-state index in [4.69, 9.17) is 0 Å². The van der Waals surface area contributed by atoms with Crippen molar-refractivity contribution in [2.75, 3.05) is 13.1 Å². The van der Waals surface area contributed by atoms with E-state index < -0.39 is 0 Å². The Morgan fingerprint density at radius 2 is 2.40 bits per heavy atom. The highest BCUT2D eigenvalue weighted by Crippen LogP contribution is 2.14. The lowest BCUT2D eigenvalue weighted by Crippen LogP contribution is -2.39. The van der Waals surface area contributed by atoms with Gasteiger partial charge in [0, 0.05) is 45.2 Å². The quantitative estimate of drug-likeness (QED) is 0.721. The van der Waals surface area contributed by atoms with Crippen LogP contribution >= 0.6 is 0 Å². The van der Waals surface area contributed by atoms with E-state index in [9.17, 15) is 4.79 Å². The highest BCUT2D eigenvalue weighted by Gasteiger charge is 2.23. The number of carbonyl (C=O) groups excluding carboxylic acids is 1. The van der Waals surface area contributed by atoms with Gasteiger partial charge < -0.3 is 0 Å². The van der Waals surface area contributed by atoms with Crippen LogP contribution in [0.4, 0.5) is 0 Å². The number of ketones is 1. The van der Waals surface area contributed by atoms with Crippen molar-refractivity contribution < 1.29 is 4.79 Å². The van der Waals surface area contributed by atoms with Crippen LogP contribution in [0.2, 0.25) is 0 Å². The number of aryl methyl sites for hydroxylation is 1. The molecule has 1 aromatic heterocycles. The maximum Gasteiger partial charge on any atom is 0.138 e. The molecule has 1 unspecified atom stereocenters. The molecule has 1 aliphatic heterocycles. The van der Waals surface area contributed by atoms with Gasteiger partial charge in [0.05, 0.1) is 5.69 Å². The Kier molecular flexibility index (Phi) is 2.86. The molecule has 1 fully saturated rings. The van der Waals surface area contributed by atoms with Crippen molar-refractivity contribution >= 4 is 5.78 Å². The number of Topliss-reactive ketones (excluding diaryl/α,β-unsaturated/α-hetero) is 1. The third-order valence-electron chi connectivity index (χ3n) is 2.91. The fourth-order valence-electron chi connectivity index (χ4n) is 2.02. The Bertz CT molecular complexity index is 358. The molecular formula is C11H17N3O. The Morgan fingerprint density at radius 1 is 1.60 bits per heavy atom. The number of carbonyl (C=O) groups is 1. The Morgan fingerprint density at radius 3 is 3.00 bits per heavy atom. The summed E-state index contributed by atoms with van der Waals surface area (Å²) in [4.78, 5) is 13.6. The van der Waals surface area contributed by atoms with Gasteiger partial charge in [-0.05, 0) is 6.07 Å². The lowest BCUT2D eigenvalue weighted by atomic mass is 9.98. The smallest absolute Gasteiger partial charge is 0.138 e. The summed E-state index contributed by atoms with van der Waals surface area (Å²) >= 11 is 0. The van der Waals surface area contributed by atoms with Crippen LogP contribution in [-0.4, -0.2) is 33.6 Å². The van der Waals surface area contributed by atoms with Gasteiger partial charge in [0.2, 0.25) is 0 Å². The first kappa shape index (κ1) is 10.4. The van der Waals surface area contributed by atoms with E-state index >= 15 is 0 Å². The van der Waals surface area contributed by atoms with E-state index in [1.54, 1.807) is 0 Å². The molecule has 2 heterocycles. The molecule has 0 bridgehead atoms. The third kappa shape index (κ3) is 2.45. The largest absolute Gasteiger partial charge is 0.299 e. The monoisotopic (exact) mass is 207 g/mol. The second kappa shape index (κ2) is 4.14. The molecule has 0 aromatic carbocycles. The van der Waals surface area contributed by atoms with Crippen LogP contribution < -0.4 is 0 Å². The predicted molar refractivity (Wildman–Crippen MR) is 57.3 cm³/mol. The number of hydrogen-bond acceptors (Lipinski definition) is 3. The van der Waals surface area contributed by atoms with E-state index in [0.717, 1.165) is 25.3 Å². The predicted octanol–water partition coefficient (Wildman–Crippen LogP) is 0.831. The van der Waals surface area contributed by atoms with Crippen molar-refractivity contribution in [2.45, 2.75) is 19.9 Å². The zero-order valence-corrected chi connectivity index (χ0v) is 9.31. The highest BCUT2D eigenvalue weighted by atomic mass is 16.1. The second-order valence-electron chi connectivity index (χ2n) is 4.33. The van der Waals surface area contributed by atoms with Gasteiger partial charge in [-0.2, -0.15) is 5.10 Å². The first-order valence-corrected chi connectivity index (χ1v) is 5.39. The molecule has 1 aromatic rings. The summed E-state index contributed by atoms with van der Waals surface area (Å²) in [5.41, 5.74) is 1.08. The van der Waals surface area contributed by atoms with Crippen LogP contribution in [0.1, 0.15) is 19.0 Å². The minimum Gasteiger partial charge on any atom is -0.299 e. The molecule has 1 atom stereocenters. The molecule has 0 spiro atoms. The van der Waals surface area contributed by atoms with Crippen molar-refractivity contribution in [3.05, 3.63) is 18.0 Å². The molecule has 4 nitrogen and oxygen atoms in total. The van der Waals surface area contributed by atoms with Crippen molar-refractivity contribution in [1.82, 2.24) is 14.7 Å². The van der Waals surface area contributed by atoms with Gasteiger partial charge in [-0.15, -0.1) is 0 Å². The molecule has 15 heavy (non-hydrogen) atoms. The van der Waals surface area contributed by atoms with Gasteiger partial charge in [0.15, 0.2) is 0 Å². The third-order valence-corrected chi connectivity index (χ3v) is 2.91. The van der Waals surface area contributed by atoms with E-state index in [1.807, 2.05) is 30.9 Å². The molecule has 4 heteroatoms. The maximum atomic E-state index is 11.3. The number of likely N-dealkylation sites (tertiary alicyclic amines) is 1. The molecule has 0 radical (unpaired) electrons. The normalized spacial score (nSPS) is 23.3. The Hall–Kier alpha value is -1.16. The molecule has 0 saturated carbocycles.